The molecule has 4 aromatic rings. The Hall–Kier alpha value is -3.46. The largest absolute Gasteiger partial charge is 0.460 e. The van der Waals surface area contributed by atoms with Crippen LogP contribution in [-0.4, -0.2) is 48.1 Å². The molecule has 2 aliphatic rings. The lowest BCUT2D eigenvalue weighted by atomic mass is 10.1. The van der Waals surface area contributed by atoms with E-state index in [1.807, 2.05) is 35.3 Å². The topological polar surface area (TPSA) is 94.2 Å². The van der Waals surface area contributed by atoms with Gasteiger partial charge in [0.25, 0.3) is 0 Å². The number of anilines is 1. The van der Waals surface area contributed by atoms with Crippen LogP contribution in [0.15, 0.2) is 48.9 Å². The molecule has 4 heterocycles. The maximum absolute atomic E-state index is 6.34. The van der Waals surface area contributed by atoms with Gasteiger partial charge in [-0.05, 0) is 30.0 Å². The molecular formula is C24H28N8O. The van der Waals surface area contributed by atoms with Gasteiger partial charge in [-0.1, -0.05) is 32.0 Å². The van der Waals surface area contributed by atoms with E-state index >= 15 is 0 Å². The van der Waals surface area contributed by atoms with Crippen molar-refractivity contribution in [1.82, 2.24) is 34.7 Å². The zero-order valence-corrected chi connectivity index (χ0v) is 18.8. The number of piperidine rings is 1. The first kappa shape index (κ1) is 20.2. The first-order chi connectivity index (χ1) is 16.2. The zero-order valence-electron chi connectivity index (χ0n) is 18.8. The van der Waals surface area contributed by atoms with Crippen molar-refractivity contribution in [2.24, 2.45) is 5.92 Å². The molecule has 1 aliphatic carbocycles. The second-order valence-electron chi connectivity index (χ2n) is 9.25. The summed E-state index contributed by atoms with van der Waals surface area (Å²) in [6, 6.07) is 11.1. The number of nitrogens with one attached hydrogen (secondary N) is 2. The maximum Gasteiger partial charge on any atom is 0.322 e. The Bertz CT molecular complexity index is 1260. The standard InChI is InChI=1S/C24H28N8O/c1-15(2)19-14-28-32-22(19)29-24(33-21-11-18-10-17(21)13-25-18)30-23(32)26-12-16-6-3-4-7-20(16)31-9-5-8-27-31/h3-9,14-15,17-18,21,25H,10-13H2,1-2H3,(H,26,29,30). The van der Waals surface area contributed by atoms with Crippen molar-refractivity contribution < 1.29 is 4.74 Å². The van der Waals surface area contributed by atoms with Gasteiger partial charge in [-0.3, -0.25) is 0 Å². The molecule has 1 saturated carbocycles. The monoisotopic (exact) mass is 444 g/mol. The van der Waals surface area contributed by atoms with Gasteiger partial charge >= 0.3 is 6.01 Å². The predicted molar refractivity (Wildman–Crippen MR) is 125 cm³/mol. The fourth-order valence-electron chi connectivity index (χ4n) is 4.98. The van der Waals surface area contributed by atoms with Crippen LogP contribution in [0.3, 0.4) is 0 Å². The number of ether oxygens (including phenoxy) is 1. The van der Waals surface area contributed by atoms with Crippen LogP contribution in [0.2, 0.25) is 0 Å². The number of fused-ring (bicyclic) bond motifs is 3. The van der Waals surface area contributed by atoms with Gasteiger partial charge in [-0.15, -0.1) is 0 Å². The van der Waals surface area contributed by atoms with Crippen LogP contribution in [0.5, 0.6) is 6.01 Å². The normalized spacial score (nSPS) is 21.8. The quantitative estimate of drug-likeness (QED) is 0.452. The highest BCUT2D eigenvalue weighted by Crippen LogP contribution is 2.34. The van der Waals surface area contributed by atoms with E-state index in [4.69, 9.17) is 14.7 Å². The van der Waals surface area contributed by atoms with Crippen LogP contribution < -0.4 is 15.4 Å². The molecular weight excluding hydrogens is 416 g/mol. The van der Waals surface area contributed by atoms with E-state index in [-0.39, 0.29) is 6.10 Å². The van der Waals surface area contributed by atoms with Crippen LogP contribution in [0.25, 0.3) is 11.3 Å². The van der Waals surface area contributed by atoms with Crippen molar-refractivity contribution in [3.05, 3.63) is 60.0 Å². The molecule has 3 unspecified atom stereocenters. The molecule has 3 aromatic heterocycles. The average molecular weight is 445 g/mol. The van der Waals surface area contributed by atoms with E-state index in [0.717, 1.165) is 35.4 Å². The summed E-state index contributed by atoms with van der Waals surface area (Å²) < 4.78 is 9.99. The smallest absolute Gasteiger partial charge is 0.322 e. The zero-order chi connectivity index (χ0) is 22.4. The van der Waals surface area contributed by atoms with Gasteiger partial charge in [0.15, 0.2) is 5.65 Å². The molecule has 6 rings (SSSR count). The number of para-hydroxylation sites is 1. The van der Waals surface area contributed by atoms with Crippen LogP contribution in [0, 0.1) is 5.92 Å². The summed E-state index contributed by atoms with van der Waals surface area (Å²) in [6.07, 6.45) is 7.95. The summed E-state index contributed by atoms with van der Waals surface area (Å²) in [6.45, 7) is 5.87. The summed E-state index contributed by atoms with van der Waals surface area (Å²) >= 11 is 0. The third-order valence-electron chi connectivity index (χ3n) is 6.73. The Morgan fingerprint density at radius 1 is 1.15 bits per heavy atom. The Morgan fingerprint density at radius 3 is 2.82 bits per heavy atom. The molecule has 2 fully saturated rings. The van der Waals surface area contributed by atoms with Crippen LogP contribution in [0.4, 0.5) is 5.95 Å². The van der Waals surface area contributed by atoms with Crippen LogP contribution in [-0.2, 0) is 6.54 Å². The summed E-state index contributed by atoms with van der Waals surface area (Å²) in [7, 11) is 0. The van der Waals surface area contributed by atoms with Gasteiger partial charge in [0.2, 0.25) is 5.95 Å². The Morgan fingerprint density at radius 2 is 2.06 bits per heavy atom. The van der Waals surface area contributed by atoms with Crippen LogP contribution in [0.1, 0.15) is 43.7 Å². The molecule has 1 aromatic carbocycles. The number of nitrogens with zero attached hydrogens (tertiary/aromatic N) is 6. The molecule has 0 amide bonds. The molecule has 0 radical (unpaired) electrons. The minimum atomic E-state index is 0.164. The number of hydrogen-bond acceptors (Lipinski definition) is 7. The molecule has 2 bridgehead atoms. The number of rotatable bonds is 7. The first-order valence-corrected chi connectivity index (χ1v) is 11.6. The fraction of sp³-hybridized carbons (Fsp3) is 0.417. The average Bonchev–Trinajstić information content (AvgIpc) is 3.62. The van der Waals surface area contributed by atoms with E-state index in [1.165, 1.54) is 6.42 Å². The van der Waals surface area contributed by atoms with Crippen LogP contribution >= 0.6 is 0 Å². The van der Waals surface area contributed by atoms with E-state index in [2.05, 4.69) is 46.8 Å². The third-order valence-corrected chi connectivity index (χ3v) is 6.73. The van der Waals surface area contributed by atoms with E-state index in [1.54, 1.807) is 10.7 Å². The summed E-state index contributed by atoms with van der Waals surface area (Å²) in [5, 5.41) is 16.0. The summed E-state index contributed by atoms with van der Waals surface area (Å²) in [5.41, 5.74) is 4.00. The highest BCUT2D eigenvalue weighted by molar-refractivity contribution is 5.53. The maximum atomic E-state index is 6.34. The molecule has 170 valence electrons. The van der Waals surface area contributed by atoms with Gasteiger partial charge in [0, 0.05) is 49.4 Å². The van der Waals surface area contributed by atoms with Gasteiger partial charge in [-0.2, -0.15) is 24.7 Å². The second-order valence-corrected chi connectivity index (χ2v) is 9.25. The number of benzene rings is 1. The number of aromatic nitrogens is 6. The van der Waals surface area contributed by atoms with Crippen molar-refractivity contribution in [2.45, 2.75) is 51.3 Å². The van der Waals surface area contributed by atoms with Gasteiger partial charge in [0.1, 0.15) is 6.10 Å². The second kappa shape index (κ2) is 8.15. The lowest BCUT2D eigenvalue weighted by Crippen LogP contribution is -2.36. The third kappa shape index (κ3) is 3.72. The molecule has 0 spiro atoms. The lowest BCUT2D eigenvalue weighted by Gasteiger charge is -2.23. The first-order valence-electron chi connectivity index (χ1n) is 11.6. The van der Waals surface area contributed by atoms with E-state index < -0.39 is 0 Å². The molecule has 9 heteroatoms. The highest BCUT2D eigenvalue weighted by atomic mass is 16.5. The predicted octanol–water partition coefficient (Wildman–Crippen LogP) is 3.17. The Balaban J connectivity index is 1.32. The molecule has 1 saturated heterocycles. The van der Waals surface area contributed by atoms with Crippen molar-refractivity contribution in [2.75, 3.05) is 11.9 Å². The molecule has 1 aliphatic heterocycles. The molecule has 33 heavy (non-hydrogen) atoms. The van der Waals surface area contributed by atoms with Gasteiger partial charge in [-0.25, -0.2) is 4.68 Å². The van der Waals surface area contributed by atoms with Gasteiger partial charge < -0.3 is 15.4 Å². The summed E-state index contributed by atoms with van der Waals surface area (Å²) in [5.74, 6) is 1.45. The van der Waals surface area contributed by atoms with E-state index in [0.29, 0.717) is 36.4 Å². The van der Waals surface area contributed by atoms with Gasteiger partial charge in [0.05, 0.1) is 11.9 Å². The Labute approximate surface area is 192 Å². The minimum absolute atomic E-state index is 0.164. The Kier molecular flexibility index (Phi) is 4.98. The van der Waals surface area contributed by atoms with Crippen molar-refractivity contribution in [3.8, 4) is 11.7 Å². The van der Waals surface area contributed by atoms with Crippen molar-refractivity contribution >= 4 is 11.6 Å². The molecule has 2 N–H and O–H groups in total. The SMILES string of the molecule is CC(C)c1cnn2c(NCc3ccccc3-n3cccn3)nc(OC3CC4CC3CN4)nc12. The summed E-state index contributed by atoms with van der Waals surface area (Å²) in [4.78, 5) is 9.51. The molecule has 9 nitrogen and oxygen atoms in total. The number of hydrogen-bond donors (Lipinski definition) is 2. The minimum Gasteiger partial charge on any atom is -0.460 e. The van der Waals surface area contributed by atoms with Crippen molar-refractivity contribution in [1.29, 1.82) is 0 Å². The lowest BCUT2D eigenvalue weighted by molar-refractivity contribution is 0.133. The highest BCUT2D eigenvalue weighted by Gasteiger charge is 2.41. The fourth-order valence-corrected chi connectivity index (χ4v) is 4.98. The van der Waals surface area contributed by atoms with E-state index in [9.17, 15) is 0 Å². The van der Waals surface area contributed by atoms with Crippen molar-refractivity contribution in [3.63, 3.8) is 0 Å². The molecule has 3 atom stereocenters.